The van der Waals surface area contributed by atoms with E-state index in [2.05, 4.69) is 43.9 Å². The smallest absolute Gasteiger partial charge is 0.327 e. The monoisotopic (exact) mass is 776 g/mol. The lowest BCUT2D eigenvalue weighted by molar-refractivity contribution is -0.143. The lowest BCUT2D eigenvalue weighted by atomic mass is 10.0. The predicted octanol–water partition coefficient (Wildman–Crippen LogP) is -2.18. The number of nitrogen functional groups attached to an aromatic ring is 1. The molecule has 0 saturated heterocycles. The number of rotatable bonds is 20. The number of fused-ring (bicyclic) bond motifs is 1. The number of hydrogen-bond acceptors (Lipinski definition) is 15. The number of aliphatic carboxylic acids is 3. The summed E-state index contributed by atoms with van der Waals surface area (Å²) in [6.07, 6.45) is -1.95. The fraction of sp³-hybridized carbons (Fsp3) is 0.469. The second-order valence-corrected chi connectivity index (χ2v) is 12.9. The van der Waals surface area contributed by atoms with Crippen LogP contribution < -0.4 is 48.1 Å². The molecule has 3 rings (SSSR count). The molecular formula is C32H44N10O11S. The van der Waals surface area contributed by atoms with Crippen molar-refractivity contribution in [1.82, 2.24) is 25.9 Å². The van der Waals surface area contributed by atoms with Crippen molar-refractivity contribution in [3.63, 3.8) is 0 Å². The topological polar surface area (TPSA) is 333 Å². The van der Waals surface area contributed by atoms with Crippen LogP contribution in [0.4, 0.5) is 23.1 Å². The molecule has 0 fully saturated rings. The first-order valence-corrected chi connectivity index (χ1v) is 17.2. The van der Waals surface area contributed by atoms with Crippen LogP contribution >= 0.6 is 12.6 Å². The minimum atomic E-state index is -1.66. The van der Waals surface area contributed by atoms with Gasteiger partial charge in [0.2, 0.25) is 17.8 Å². The summed E-state index contributed by atoms with van der Waals surface area (Å²) in [5.74, 6) is -7.39. The first kappa shape index (κ1) is 42.5. The van der Waals surface area contributed by atoms with Crippen LogP contribution in [0.15, 0.2) is 29.1 Å². The van der Waals surface area contributed by atoms with Gasteiger partial charge < -0.3 is 57.9 Å². The predicted molar refractivity (Wildman–Crippen MR) is 198 cm³/mol. The standard InChI is InChI=1S/C32H44N10O11S/c1-41(13-17-12-35-25-24(42(17)2)29(49)40-32(34)39-25)16-5-3-15(4-6-16)26(46)36-20(30(50)51)10-8-18(43)7-9-19(33)27(47)37-21(11-23(44)45)28(48)38-22(14-54)31(52)53/h3-6,17,19-22,54H,7-14,33H2,1-2H3,(H,36,46)(H,37,47)(H,38,48)(H,44,45)(H,50,51)(H,52,53)(H4,34,35,39,40,49)/t17?,19-,20-,21-,22-/m0/s1. The number of benzene rings is 1. The van der Waals surface area contributed by atoms with Crippen molar-refractivity contribution in [1.29, 1.82) is 0 Å². The maximum Gasteiger partial charge on any atom is 0.327 e. The Balaban J connectivity index is 1.49. The van der Waals surface area contributed by atoms with E-state index in [4.69, 9.17) is 21.7 Å². The van der Waals surface area contributed by atoms with Gasteiger partial charge >= 0.3 is 17.9 Å². The summed E-state index contributed by atoms with van der Waals surface area (Å²) < 4.78 is 0. The van der Waals surface area contributed by atoms with Gasteiger partial charge in [-0.1, -0.05) is 0 Å². The molecule has 12 N–H and O–H groups in total. The Bertz CT molecular complexity index is 1790. The molecule has 1 aromatic carbocycles. The molecule has 0 saturated carbocycles. The SMILES string of the molecule is CN(CC1CNc2nc(N)[nH]c(=O)c2N1C)c1ccc(C(=O)N[C@@H](CCC(=O)CC[C@H](N)C(=O)N[C@@H](CC(=O)O)C(=O)N[C@@H](CS)C(=O)O)C(=O)O)cc1. The molecule has 21 nitrogen and oxygen atoms in total. The highest BCUT2D eigenvalue weighted by Crippen LogP contribution is 2.26. The number of aromatic nitrogens is 2. The molecule has 0 spiro atoms. The molecule has 294 valence electrons. The Labute approximate surface area is 313 Å². The first-order chi connectivity index (χ1) is 25.4. The van der Waals surface area contributed by atoms with E-state index in [1.807, 2.05) is 16.8 Å². The molecule has 0 bridgehead atoms. The number of likely N-dealkylation sites (N-methyl/N-ethyl adjacent to an activating group) is 2. The number of amides is 3. The van der Waals surface area contributed by atoms with Crippen LogP contribution in [0.2, 0.25) is 0 Å². The van der Waals surface area contributed by atoms with Crippen molar-refractivity contribution in [2.24, 2.45) is 5.73 Å². The number of nitrogens with zero attached hydrogens (tertiary/aromatic N) is 3. The van der Waals surface area contributed by atoms with Gasteiger partial charge in [-0.2, -0.15) is 17.6 Å². The van der Waals surface area contributed by atoms with E-state index in [1.165, 1.54) is 12.1 Å². The number of carbonyl (C=O) groups is 7. The third kappa shape index (κ3) is 11.8. The van der Waals surface area contributed by atoms with Crippen molar-refractivity contribution in [2.75, 3.05) is 53.8 Å². The van der Waals surface area contributed by atoms with Crippen LogP contribution in [0, 0.1) is 0 Å². The molecular weight excluding hydrogens is 732 g/mol. The number of H-pyrrole nitrogens is 1. The van der Waals surface area contributed by atoms with Crippen LogP contribution in [0.5, 0.6) is 0 Å². The second kappa shape index (κ2) is 19.3. The number of nitrogens with one attached hydrogen (secondary N) is 5. The highest BCUT2D eigenvalue weighted by molar-refractivity contribution is 7.80. The minimum absolute atomic E-state index is 0.00545. The van der Waals surface area contributed by atoms with Gasteiger partial charge in [-0.25, -0.2) is 9.59 Å². The fourth-order valence-corrected chi connectivity index (χ4v) is 5.69. The van der Waals surface area contributed by atoms with Crippen LogP contribution in [0.25, 0.3) is 0 Å². The van der Waals surface area contributed by atoms with Gasteiger partial charge in [0, 0.05) is 57.0 Å². The zero-order valence-corrected chi connectivity index (χ0v) is 30.3. The fourth-order valence-electron chi connectivity index (χ4n) is 5.44. The molecule has 1 aliphatic heterocycles. The number of anilines is 4. The van der Waals surface area contributed by atoms with E-state index in [-0.39, 0.29) is 54.5 Å². The Morgan fingerprint density at radius 2 is 1.57 bits per heavy atom. The quantitative estimate of drug-likeness (QED) is 0.0637. The number of thiol groups is 1. The van der Waals surface area contributed by atoms with Gasteiger partial charge in [-0.15, -0.1) is 0 Å². The van der Waals surface area contributed by atoms with Gasteiger partial charge in [0.05, 0.1) is 18.5 Å². The third-order valence-electron chi connectivity index (χ3n) is 8.57. The Hall–Kier alpha value is -5.90. The normalized spacial score (nSPS) is 15.6. The zero-order valence-electron chi connectivity index (χ0n) is 29.4. The van der Waals surface area contributed by atoms with Gasteiger partial charge in [-0.3, -0.25) is 33.8 Å². The van der Waals surface area contributed by atoms with Crippen molar-refractivity contribution in [2.45, 2.75) is 62.3 Å². The first-order valence-electron chi connectivity index (χ1n) is 16.6. The van der Waals surface area contributed by atoms with Crippen LogP contribution in [0.3, 0.4) is 0 Å². The minimum Gasteiger partial charge on any atom is -0.481 e. The zero-order chi connectivity index (χ0) is 40.3. The molecule has 0 radical (unpaired) electrons. The summed E-state index contributed by atoms with van der Waals surface area (Å²) in [5, 5.41) is 37.7. The highest BCUT2D eigenvalue weighted by Gasteiger charge is 2.31. The molecule has 1 aromatic heterocycles. The van der Waals surface area contributed by atoms with Crippen LogP contribution in [-0.4, -0.2) is 130 Å². The molecule has 1 aliphatic rings. The number of Topliss-reactive ketones (excluding diaryl/α,β-unsaturated/α-hetero) is 1. The Morgan fingerprint density at radius 3 is 2.17 bits per heavy atom. The van der Waals surface area contributed by atoms with Gasteiger partial charge in [0.1, 0.15) is 29.6 Å². The van der Waals surface area contributed by atoms with Crippen LogP contribution in [-0.2, 0) is 28.8 Å². The van der Waals surface area contributed by atoms with E-state index in [0.717, 1.165) is 5.69 Å². The number of hydrogen-bond donors (Lipinski definition) is 11. The van der Waals surface area contributed by atoms with E-state index < -0.39 is 72.0 Å². The maximum absolute atomic E-state index is 12.9. The summed E-state index contributed by atoms with van der Waals surface area (Å²) in [5.41, 5.74) is 12.4. The molecule has 54 heavy (non-hydrogen) atoms. The lowest BCUT2D eigenvalue weighted by Crippen LogP contribution is -2.55. The molecule has 0 aliphatic carbocycles. The van der Waals surface area contributed by atoms with Crippen LogP contribution in [0.1, 0.15) is 42.5 Å². The van der Waals surface area contributed by atoms with Gasteiger partial charge in [0.15, 0.2) is 5.82 Å². The van der Waals surface area contributed by atoms with Crippen molar-refractivity contribution in [3.05, 3.63) is 40.2 Å². The van der Waals surface area contributed by atoms with E-state index in [0.29, 0.717) is 24.6 Å². The number of carbonyl (C=O) groups excluding carboxylic acids is 4. The van der Waals surface area contributed by atoms with Crippen molar-refractivity contribution < 1.29 is 48.9 Å². The molecule has 2 heterocycles. The number of carboxylic acid groups (broad SMARTS) is 3. The average molecular weight is 777 g/mol. The Kier molecular flexibility index (Phi) is 15.2. The van der Waals surface area contributed by atoms with Gasteiger partial charge in [0.25, 0.3) is 11.5 Å². The average Bonchev–Trinajstić information content (AvgIpc) is 3.11. The van der Waals surface area contributed by atoms with Crippen molar-refractivity contribution >= 4 is 77.2 Å². The maximum atomic E-state index is 12.9. The number of nitrogens with two attached hydrogens (primary N) is 2. The number of carboxylic acids is 3. The molecule has 2 aromatic rings. The Morgan fingerprint density at radius 1 is 0.963 bits per heavy atom. The van der Waals surface area contributed by atoms with Gasteiger partial charge in [-0.05, 0) is 37.1 Å². The number of aromatic amines is 1. The molecule has 5 atom stereocenters. The third-order valence-corrected chi connectivity index (χ3v) is 8.93. The summed E-state index contributed by atoms with van der Waals surface area (Å²) in [7, 11) is 3.61. The van der Waals surface area contributed by atoms with Crippen molar-refractivity contribution in [3.8, 4) is 0 Å². The number of ketones is 1. The lowest BCUT2D eigenvalue weighted by Gasteiger charge is -2.37. The molecule has 1 unspecified atom stereocenters. The largest absolute Gasteiger partial charge is 0.481 e. The van der Waals surface area contributed by atoms with E-state index in [1.54, 1.807) is 19.2 Å². The molecule has 22 heteroatoms. The summed E-state index contributed by atoms with van der Waals surface area (Å²) >= 11 is 3.81. The summed E-state index contributed by atoms with van der Waals surface area (Å²) in [4.78, 5) is 108. The van der Waals surface area contributed by atoms with E-state index >= 15 is 0 Å². The summed E-state index contributed by atoms with van der Waals surface area (Å²) in [6.45, 7) is 0.965. The summed E-state index contributed by atoms with van der Waals surface area (Å²) in [6, 6.07) is 0.364. The second-order valence-electron chi connectivity index (χ2n) is 12.5. The van der Waals surface area contributed by atoms with E-state index in [9.17, 15) is 43.5 Å². The highest BCUT2D eigenvalue weighted by atomic mass is 32.1. The molecule has 3 amide bonds.